The number of aryl methyl sites for hydroxylation is 1. The number of hydrogen-bond acceptors (Lipinski definition) is 3. The van der Waals surface area contributed by atoms with Gasteiger partial charge in [0.25, 0.3) is 0 Å². The fourth-order valence-electron chi connectivity index (χ4n) is 2.10. The van der Waals surface area contributed by atoms with Crippen molar-refractivity contribution in [1.82, 2.24) is 4.98 Å². The first-order chi connectivity index (χ1) is 7.16. The number of carboxylic acid groups (broad SMARTS) is 1. The van der Waals surface area contributed by atoms with Gasteiger partial charge >= 0.3 is 5.97 Å². The van der Waals surface area contributed by atoms with Crippen molar-refractivity contribution in [3.63, 3.8) is 0 Å². The molecule has 0 bridgehead atoms. The minimum Gasteiger partial charge on any atom is -0.481 e. The van der Waals surface area contributed by atoms with E-state index in [9.17, 15) is 4.79 Å². The number of oxazole rings is 1. The van der Waals surface area contributed by atoms with Crippen LogP contribution in [0.4, 0.5) is 0 Å². The highest BCUT2D eigenvalue weighted by Gasteiger charge is 2.23. The average Bonchev–Trinajstić information content (AvgIpc) is 2.75. The van der Waals surface area contributed by atoms with Crippen molar-refractivity contribution < 1.29 is 14.3 Å². The molecule has 4 heteroatoms. The monoisotopic (exact) mass is 209 g/mol. The van der Waals surface area contributed by atoms with Crippen molar-refractivity contribution in [3.05, 3.63) is 17.3 Å². The number of carbonyl (C=O) groups is 1. The summed E-state index contributed by atoms with van der Waals surface area (Å²) in [4.78, 5) is 14.9. The summed E-state index contributed by atoms with van der Waals surface area (Å²) in [5.41, 5.74) is 0.574. The Morgan fingerprint density at radius 2 is 2.20 bits per heavy atom. The maximum Gasteiger partial charge on any atom is 0.309 e. The largest absolute Gasteiger partial charge is 0.481 e. The summed E-state index contributed by atoms with van der Waals surface area (Å²) in [5.74, 6) is 0.941. The lowest BCUT2D eigenvalue weighted by Gasteiger charge is -2.00. The lowest BCUT2D eigenvalue weighted by Crippen LogP contribution is -2.02. The normalized spacial score (nSPS) is 17.1. The molecule has 0 aliphatic heterocycles. The van der Waals surface area contributed by atoms with Crippen molar-refractivity contribution in [2.24, 2.45) is 0 Å². The molecule has 0 amide bonds. The summed E-state index contributed by atoms with van der Waals surface area (Å²) in [5, 5.41) is 8.68. The molecular formula is C11H15NO3. The van der Waals surface area contributed by atoms with E-state index in [1.165, 1.54) is 12.8 Å². The summed E-state index contributed by atoms with van der Waals surface area (Å²) in [7, 11) is 0. The number of hydrogen-bond donors (Lipinski definition) is 1. The minimum absolute atomic E-state index is 0.0396. The molecule has 0 spiro atoms. The van der Waals surface area contributed by atoms with Gasteiger partial charge in [0, 0.05) is 5.92 Å². The van der Waals surface area contributed by atoms with E-state index in [0.717, 1.165) is 18.7 Å². The van der Waals surface area contributed by atoms with Crippen LogP contribution in [0.25, 0.3) is 0 Å². The molecule has 1 heterocycles. The Morgan fingerprint density at radius 1 is 1.53 bits per heavy atom. The van der Waals surface area contributed by atoms with Crippen LogP contribution in [0.15, 0.2) is 4.42 Å². The van der Waals surface area contributed by atoms with Crippen molar-refractivity contribution in [1.29, 1.82) is 0 Å². The first-order valence-electron chi connectivity index (χ1n) is 5.35. The highest BCUT2D eigenvalue weighted by Crippen LogP contribution is 2.34. The van der Waals surface area contributed by atoms with Crippen LogP contribution in [0.2, 0.25) is 0 Å². The molecule has 0 saturated heterocycles. The zero-order valence-corrected chi connectivity index (χ0v) is 8.82. The molecule has 1 aliphatic carbocycles. The van der Waals surface area contributed by atoms with Gasteiger partial charge in [-0.15, -0.1) is 0 Å². The molecule has 1 aliphatic rings. The Hall–Kier alpha value is -1.32. The van der Waals surface area contributed by atoms with Gasteiger partial charge < -0.3 is 9.52 Å². The molecule has 82 valence electrons. The molecule has 1 saturated carbocycles. The summed E-state index contributed by atoms with van der Waals surface area (Å²) >= 11 is 0. The molecule has 0 atom stereocenters. The van der Waals surface area contributed by atoms with Gasteiger partial charge in [-0.1, -0.05) is 12.8 Å². The Labute approximate surface area is 88.3 Å². The molecule has 0 radical (unpaired) electrons. The van der Waals surface area contributed by atoms with E-state index in [0.29, 0.717) is 17.4 Å². The fraction of sp³-hybridized carbons (Fsp3) is 0.636. The van der Waals surface area contributed by atoms with Crippen LogP contribution in [-0.2, 0) is 11.2 Å². The Balaban J connectivity index is 2.16. The van der Waals surface area contributed by atoms with E-state index in [1.807, 2.05) is 0 Å². The van der Waals surface area contributed by atoms with E-state index in [4.69, 9.17) is 9.52 Å². The molecule has 2 rings (SSSR count). The van der Waals surface area contributed by atoms with Crippen molar-refractivity contribution >= 4 is 5.97 Å². The Bertz CT molecular complexity index is 364. The number of rotatable bonds is 3. The van der Waals surface area contributed by atoms with Gasteiger partial charge in [-0.2, -0.15) is 0 Å². The zero-order valence-electron chi connectivity index (χ0n) is 8.82. The van der Waals surface area contributed by atoms with E-state index in [-0.39, 0.29) is 6.42 Å². The van der Waals surface area contributed by atoms with Crippen LogP contribution in [0.3, 0.4) is 0 Å². The Kier molecular flexibility index (Phi) is 2.75. The summed E-state index contributed by atoms with van der Waals surface area (Å²) in [6, 6.07) is 0. The number of nitrogens with zero attached hydrogens (tertiary/aromatic N) is 1. The third-order valence-corrected chi connectivity index (χ3v) is 2.93. The van der Waals surface area contributed by atoms with Gasteiger partial charge in [-0.25, -0.2) is 4.98 Å². The van der Waals surface area contributed by atoms with Gasteiger partial charge in [0.15, 0.2) is 5.89 Å². The SMILES string of the molecule is Cc1oc(C2CCCC2)nc1CC(=O)O. The minimum atomic E-state index is -0.857. The maximum absolute atomic E-state index is 10.6. The molecule has 1 aromatic heterocycles. The first-order valence-corrected chi connectivity index (χ1v) is 5.35. The average molecular weight is 209 g/mol. The molecule has 1 aromatic rings. The molecule has 0 unspecified atom stereocenters. The second-order valence-electron chi connectivity index (χ2n) is 4.11. The third-order valence-electron chi connectivity index (χ3n) is 2.93. The van der Waals surface area contributed by atoms with E-state index >= 15 is 0 Å². The highest BCUT2D eigenvalue weighted by molar-refractivity contribution is 5.69. The first kappa shape index (κ1) is 10.2. The highest BCUT2D eigenvalue weighted by atomic mass is 16.4. The second-order valence-corrected chi connectivity index (χ2v) is 4.11. The van der Waals surface area contributed by atoms with Crippen LogP contribution < -0.4 is 0 Å². The van der Waals surface area contributed by atoms with E-state index in [1.54, 1.807) is 6.92 Å². The second kappa shape index (κ2) is 4.04. The number of aliphatic carboxylic acids is 1. The maximum atomic E-state index is 10.6. The van der Waals surface area contributed by atoms with Gasteiger partial charge in [0.05, 0.1) is 12.1 Å². The Morgan fingerprint density at radius 3 is 2.80 bits per heavy atom. The van der Waals surface area contributed by atoms with Gasteiger partial charge in [-0.3, -0.25) is 4.79 Å². The predicted octanol–water partition coefficient (Wildman–Crippen LogP) is 2.27. The van der Waals surface area contributed by atoms with E-state index in [2.05, 4.69) is 4.98 Å². The lowest BCUT2D eigenvalue weighted by molar-refractivity contribution is -0.136. The van der Waals surface area contributed by atoms with Gasteiger partial charge in [0.2, 0.25) is 0 Å². The van der Waals surface area contributed by atoms with Crippen molar-refractivity contribution in [3.8, 4) is 0 Å². The molecule has 4 nitrogen and oxygen atoms in total. The smallest absolute Gasteiger partial charge is 0.309 e. The summed E-state index contributed by atoms with van der Waals surface area (Å²) in [6.07, 6.45) is 4.64. The molecule has 15 heavy (non-hydrogen) atoms. The number of aromatic nitrogens is 1. The molecule has 1 N–H and O–H groups in total. The predicted molar refractivity (Wildman–Crippen MR) is 53.8 cm³/mol. The molecule has 0 aromatic carbocycles. The van der Waals surface area contributed by atoms with Gasteiger partial charge in [-0.05, 0) is 19.8 Å². The third kappa shape index (κ3) is 2.19. The van der Waals surface area contributed by atoms with Crippen LogP contribution >= 0.6 is 0 Å². The molecule has 1 fully saturated rings. The van der Waals surface area contributed by atoms with E-state index < -0.39 is 5.97 Å². The van der Waals surface area contributed by atoms with Gasteiger partial charge in [0.1, 0.15) is 5.76 Å². The fourth-order valence-corrected chi connectivity index (χ4v) is 2.10. The standard InChI is InChI=1S/C11H15NO3/c1-7-9(6-10(13)14)12-11(15-7)8-4-2-3-5-8/h8H,2-6H2,1H3,(H,13,14). The summed E-state index contributed by atoms with van der Waals surface area (Å²) < 4.78 is 5.52. The zero-order chi connectivity index (χ0) is 10.8. The number of carboxylic acids is 1. The van der Waals surface area contributed by atoms with Crippen LogP contribution in [0.5, 0.6) is 0 Å². The quantitative estimate of drug-likeness (QED) is 0.829. The topological polar surface area (TPSA) is 63.3 Å². The summed E-state index contributed by atoms with van der Waals surface area (Å²) in [6.45, 7) is 1.78. The van der Waals surface area contributed by atoms with Crippen molar-refractivity contribution in [2.45, 2.75) is 44.9 Å². The lowest BCUT2D eigenvalue weighted by atomic mass is 10.1. The molecular weight excluding hydrogens is 194 g/mol. The van der Waals surface area contributed by atoms with Crippen LogP contribution in [0.1, 0.15) is 48.9 Å². The van der Waals surface area contributed by atoms with Crippen LogP contribution in [-0.4, -0.2) is 16.1 Å². The van der Waals surface area contributed by atoms with Crippen molar-refractivity contribution in [2.75, 3.05) is 0 Å². The van der Waals surface area contributed by atoms with Crippen LogP contribution in [0, 0.1) is 6.92 Å².